The maximum Gasteiger partial charge on any atom is 0.182 e. The maximum absolute atomic E-state index is 12.6. The van der Waals surface area contributed by atoms with Crippen molar-refractivity contribution in [2.75, 3.05) is 0 Å². The van der Waals surface area contributed by atoms with Gasteiger partial charge in [-0.15, -0.1) is 0 Å². The van der Waals surface area contributed by atoms with E-state index in [-0.39, 0.29) is 5.78 Å². The normalized spacial score (nSPS) is 18.4. The standard InChI is InChI=1S/C17H19NO/c18-17(10-4-1-5-11-17)16(19)15-9-8-13-6-2-3-7-14(13)12-15/h2-3,6-9,12H,1,4-5,10-11,18H2. The molecule has 98 valence electrons. The highest BCUT2D eigenvalue weighted by Gasteiger charge is 2.35. The summed E-state index contributed by atoms with van der Waals surface area (Å²) < 4.78 is 0. The van der Waals surface area contributed by atoms with Crippen molar-refractivity contribution in [1.29, 1.82) is 0 Å². The minimum Gasteiger partial charge on any atom is -0.319 e. The van der Waals surface area contributed by atoms with Crippen LogP contribution in [0.3, 0.4) is 0 Å². The van der Waals surface area contributed by atoms with Crippen LogP contribution < -0.4 is 5.73 Å². The van der Waals surface area contributed by atoms with Gasteiger partial charge in [0.2, 0.25) is 0 Å². The first-order chi connectivity index (χ1) is 9.19. The van der Waals surface area contributed by atoms with Crippen LogP contribution in [0.4, 0.5) is 0 Å². The van der Waals surface area contributed by atoms with Gasteiger partial charge in [-0.3, -0.25) is 4.79 Å². The molecule has 1 saturated carbocycles. The molecule has 0 radical (unpaired) electrons. The van der Waals surface area contributed by atoms with Gasteiger partial charge in [0.05, 0.1) is 5.54 Å². The molecule has 0 heterocycles. The Labute approximate surface area is 113 Å². The zero-order chi connectivity index (χ0) is 13.3. The van der Waals surface area contributed by atoms with Gasteiger partial charge in [-0.25, -0.2) is 0 Å². The molecule has 2 nitrogen and oxygen atoms in total. The van der Waals surface area contributed by atoms with Gasteiger partial charge in [-0.05, 0) is 29.7 Å². The lowest BCUT2D eigenvalue weighted by molar-refractivity contribution is 0.0848. The van der Waals surface area contributed by atoms with Crippen LogP contribution in [0.15, 0.2) is 42.5 Å². The lowest BCUT2D eigenvalue weighted by atomic mass is 9.77. The van der Waals surface area contributed by atoms with E-state index in [1.54, 1.807) is 0 Å². The van der Waals surface area contributed by atoms with E-state index < -0.39 is 5.54 Å². The Morgan fingerprint density at radius 3 is 2.37 bits per heavy atom. The number of Topliss-reactive ketones (excluding diaryl/α,β-unsaturated/α-hetero) is 1. The zero-order valence-electron chi connectivity index (χ0n) is 11.1. The number of fused-ring (bicyclic) bond motifs is 1. The zero-order valence-corrected chi connectivity index (χ0v) is 11.1. The van der Waals surface area contributed by atoms with Crippen molar-refractivity contribution in [3.8, 4) is 0 Å². The average molecular weight is 253 g/mol. The van der Waals surface area contributed by atoms with Crippen molar-refractivity contribution in [1.82, 2.24) is 0 Å². The Morgan fingerprint density at radius 1 is 0.947 bits per heavy atom. The third kappa shape index (κ3) is 2.28. The van der Waals surface area contributed by atoms with Crippen molar-refractivity contribution in [3.05, 3.63) is 48.0 Å². The first-order valence-corrected chi connectivity index (χ1v) is 7.02. The van der Waals surface area contributed by atoms with E-state index in [4.69, 9.17) is 5.73 Å². The molecule has 0 unspecified atom stereocenters. The molecule has 0 bridgehead atoms. The van der Waals surface area contributed by atoms with Gasteiger partial charge >= 0.3 is 0 Å². The van der Waals surface area contributed by atoms with Crippen molar-refractivity contribution in [2.45, 2.75) is 37.6 Å². The molecule has 1 aliphatic rings. The number of nitrogens with two attached hydrogens (primary N) is 1. The van der Waals surface area contributed by atoms with E-state index in [9.17, 15) is 4.79 Å². The summed E-state index contributed by atoms with van der Waals surface area (Å²) in [5.74, 6) is 0.109. The van der Waals surface area contributed by atoms with Crippen LogP contribution in [-0.4, -0.2) is 11.3 Å². The Kier molecular flexibility index (Phi) is 3.11. The first-order valence-electron chi connectivity index (χ1n) is 7.02. The molecule has 2 heteroatoms. The van der Waals surface area contributed by atoms with Gasteiger partial charge in [0.25, 0.3) is 0 Å². The lowest BCUT2D eigenvalue weighted by Gasteiger charge is -2.31. The summed E-state index contributed by atoms with van der Waals surface area (Å²) in [5, 5.41) is 2.27. The van der Waals surface area contributed by atoms with E-state index in [1.165, 1.54) is 6.42 Å². The smallest absolute Gasteiger partial charge is 0.182 e. The van der Waals surface area contributed by atoms with Gasteiger partial charge in [0.15, 0.2) is 5.78 Å². The largest absolute Gasteiger partial charge is 0.319 e. The van der Waals surface area contributed by atoms with E-state index in [0.717, 1.165) is 42.0 Å². The molecule has 0 spiro atoms. The molecule has 0 aromatic heterocycles. The summed E-state index contributed by atoms with van der Waals surface area (Å²) in [6.45, 7) is 0. The molecule has 0 amide bonds. The summed E-state index contributed by atoms with van der Waals surface area (Å²) >= 11 is 0. The second kappa shape index (κ2) is 4.78. The van der Waals surface area contributed by atoms with Gasteiger partial charge in [-0.2, -0.15) is 0 Å². The summed E-state index contributed by atoms with van der Waals surface area (Å²) in [5.41, 5.74) is 6.44. The minimum absolute atomic E-state index is 0.109. The number of ketones is 1. The fourth-order valence-corrected chi connectivity index (χ4v) is 3.03. The topological polar surface area (TPSA) is 43.1 Å². The number of carbonyl (C=O) groups excluding carboxylic acids is 1. The summed E-state index contributed by atoms with van der Waals surface area (Å²) in [6.07, 6.45) is 4.97. The fourth-order valence-electron chi connectivity index (χ4n) is 3.03. The highest BCUT2D eigenvalue weighted by molar-refractivity contribution is 6.05. The lowest BCUT2D eigenvalue weighted by Crippen LogP contribution is -2.49. The van der Waals surface area contributed by atoms with E-state index >= 15 is 0 Å². The van der Waals surface area contributed by atoms with Crippen LogP contribution in [0.25, 0.3) is 10.8 Å². The first kappa shape index (κ1) is 12.4. The number of benzene rings is 2. The van der Waals surface area contributed by atoms with Gasteiger partial charge in [0.1, 0.15) is 0 Å². The second-order valence-corrected chi connectivity index (χ2v) is 5.61. The molecule has 0 saturated heterocycles. The quantitative estimate of drug-likeness (QED) is 0.829. The third-order valence-corrected chi connectivity index (χ3v) is 4.21. The molecular weight excluding hydrogens is 234 g/mol. The van der Waals surface area contributed by atoms with Gasteiger partial charge < -0.3 is 5.73 Å². The van der Waals surface area contributed by atoms with Crippen LogP contribution in [-0.2, 0) is 0 Å². The van der Waals surface area contributed by atoms with Gasteiger partial charge in [-0.1, -0.05) is 55.7 Å². The van der Waals surface area contributed by atoms with E-state index in [2.05, 4.69) is 6.07 Å². The number of rotatable bonds is 2. The van der Waals surface area contributed by atoms with Crippen molar-refractivity contribution < 1.29 is 4.79 Å². The Morgan fingerprint density at radius 2 is 1.63 bits per heavy atom. The molecular formula is C17H19NO. The molecule has 19 heavy (non-hydrogen) atoms. The number of carbonyl (C=O) groups is 1. The predicted molar refractivity (Wildman–Crippen MR) is 78.3 cm³/mol. The molecule has 2 aromatic carbocycles. The molecule has 2 N–H and O–H groups in total. The van der Waals surface area contributed by atoms with Crippen molar-refractivity contribution in [2.24, 2.45) is 5.73 Å². The highest BCUT2D eigenvalue weighted by atomic mass is 16.1. The Hall–Kier alpha value is -1.67. The molecule has 0 aliphatic heterocycles. The maximum atomic E-state index is 12.6. The predicted octanol–water partition coefficient (Wildman–Crippen LogP) is 3.68. The monoisotopic (exact) mass is 253 g/mol. The summed E-state index contributed by atoms with van der Waals surface area (Å²) in [7, 11) is 0. The molecule has 2 aromatic rings. The van der Waals surface area contributed by atoms with Crippen LogP contribution in [0, 0.1) is 0 Å². The van der Waals surface area contributed by atoms with Crippen molar-refractivity contribution >= 4 is 16.6 Å². The van der Waals surface area contributed by atoms with Crippen LogP contribution in [0.5, 0.6) is 0 Å². The second-order valence-electron chi connectivity index (χ2n) is 5.61. The summed E-state index contributed by atoms with van der Waals surface area (Å²) in [6, 6.07) is 14.0. The molecule has 3 rings (SSSR count). The average Bonchev–Trinajstić information content (AvgIpc) is 2.47. The Bertz CT molecular complexity index is 611. The van der Waals surface area contributed by atoms with Crippen LogP contribution in [0.2, 0.25) is 0 Å². The third-order valence-electron chi connectivity index (χ3n) is 4.21. The summed E-state index contributed by atoms with van der Waals surface area (Å²) in [4.78, 5) is 12.6. The van der Waals surface area contributed by atoms with Crippen molar-refractivity contribution in [3.63, 3.8) is 0 Å². The number of hydrogen-bond donors (Lipinski definition) is 1. The van der Waals surface area contributed by atoms with Crippen LogP contribution in [0.1, 0.15) is 42.5 Å². The molecule has 1 aliphatic carbocycles. The minimum atomic E-state index is -0.638. The fraction of sp³-hybridized carbons (Fsp3) is 0.353. The SMILES string of the molecule is NC1(C(=O)c2ccc3ccccc3c2)CCCCC1. The molecule has 0 atom stereocenters. The highest BCUT2D eigenvalue weighted by Crippen LogP contribution is 2.30. The van der Waals surface area contributed by atoms with E-state index in [0.29, 0.717) is 0 Å². The Balaban J connectivity index is 1.97. The molecule has 1 fully saturated rings. The number of hydrogen-bond acceptors (Lipinski definition) is 2. The van der Waals surface area contributed by atoms with Crippen LogP contribution >= 0.6 is 0 Å². The van der Waals surface area contributed by atoms with Gasteiger partial charge in [0, 0.05) is 5.56 Å². The van der Waals surface area contributed by atoms with E-state index in [1.807, 2.05) is 36.4 Å².